The van der Waals surface area contributed by atoms with Crippen molar-refractivity contribution < 1.29 is 0 Å². The van der Waals surface area contributed by atoms with Gasteiger partial charge in [0.15, 0.2) is 0 Å². The van der Waals surface area contributed by atoms with Crippen molar-refractivity contribution in [1.29, 1.82) is 0 Å². The van der Waals surface area contributed by atoms with Crippen LogP contribution in [-0.4, -0.2) is 30.2 Å². The maximum Gasteiger partial charge on any atom is 0.114 e. The first-order valence-corrected chi connectivity index (χ1v) is 4.89. The molecule has 2 aliphatic rings. The lowest BCUT2D eigenvalue weighted by atomic mass is 9.82. The Morgan fingerprint density at radius 3 is 2.57 bits per heavy atom. The molecule has 0 amide bonds. The molecule has 0 saturated heterocycles. The first-order chi connectivity index (χ1) is 6.59. The summed E-state index contributed by atoms with van der Waals surface area (Å²) in [6.45, 7) is 6.49. The van der Waals surface area contributed by atoms with Gasteiger partial charge in [0.05, 0.1) is 11.8 Å². The van der Waals surface area contributed by atoms with Crippen LogP contribution in [-0.2, 0) is 0 Å². The zero-order valence-corrected chi connectivity index (χ0v) is 8.81. The van der Waals surface area contributed by atoms with Gasteiger partial charge in [0.25, 0.3) is 0 Å². The number of aliphatic imine (C=N–C) groups is 3. The molecule has 0 aromatic rings. The van der Waals surface area contributed by atoms with E-state index in [9.17, 15) is 0 Å². The van der Waals surface area contributed by atoms with Crippen LogP contribution in [0, 0.1) is 5.41 Å². The fraction of sp³-hybridized carbons (Fsp3) is 0.545. The topological polar surface area (TPSA) is 37.1 Å². The van der Waals surface area contributed by atoms with E-state index in [0.29, 0.717) is 0 Å². The summed E-state index contributed by atoms with van der Waals surface area (Å²) in [5, 5.41) is 0. The summed E-state index contributed by atoms with van der Waals surface area (Å²) >= 11 is 0. The van der Waals surface area contributed by atoms with Crippen LogP contribution in [0.4, 0.5) is 0 Å². The van der Waals surface area contributed by atoms with E-state index in [-0.39, 0.29) is 17.5 Å². The predicted molar refractivity (Wildman–Crippen MR) is 60.6 cm³/mol. The zero-order valence-electron chi connectivity index (χ0n) is 8.81. The maximum atomic E-state index is 4.44. The Morgan fingerprint density at radius 2 is 1.86 bits per heavy atom. The van der Waals surface area contributed by atoms with Crippen LogP contribution in [0.15, 0.2) is 27.3 Å². The van der Waals surface area contributed by atoms with Gasteiger partial charge in [-0.2, -0.15) is 0 Å². The monoisotopic (exact) mass is 189 g/mol. The molecule has 0 fully saturated rings. The van der Waals surface area contributed by atoms with Crippen molar-refractivity contribution in [3.63, 3.8) is 0 Å². The van der Waals surface area contributed by atoms with Gasteiger partial charge >= 0.3 is 0 Å². The van der Waals surface area contributed by atoms with Crippen molar-refractivity contribution in [2.45, 2.75) is 32.9 Å². The second-order valence-corrected chi connectivity index (χ2v) is 4.64. The van der Waals surface area contributed by atoms with Gasteiger partial charge in [-0.1, -0.05) is 20.8 Å². The number of fused-ring (bicyclic) bond motifs is 1. The Labute approximate surface area is 84.4 Å². The lowest BCUT2D eigenvalue weighted by Crippen LogP contribution is -2.41. The number of hydrogen-bond acceptors (Lipinski definition) is 3. The summed E-state index contributed by atoms with van der Waals surface area (Å²) in [7, 11) is 0. The van der Waals surface area contributed by atoms with Gasteiger partial charge in [-0.25, -0.2) is 0 Å². The van der Waals surface area contributed by atoms with Gasteiger partial charge in [0.1, 0.15) is 6.04 Å². The predicted octanol–water partition coefficient (Wildman–Crippen LogP) is 1.89. The second-order valence-electron chi connectivity index (χ2n) is 4.64. The minimum atomic E-state index is 0.0673. The van der Waals surface area contributed by atoms with E-state index in [1.165, 1.54) is 0 Å². The zero-order chi connectivity index (χ0) is 10.2. The van der Waals surface area contributed by atoms with Gasteiger partial charge < -0.3 is 0 Å². The summed E-state index contributed by atoms with van der Waals surface area (Å²) < 4.78 is 0. The molecule has 2 atom stereocenters. The summed E-state index contributed by atoms with van der Waals surface area (Å²) in [5.41, 5.74) is 1.19. The fourth-order valence-electron chi connectivity index (χ4n) is 1.75. The Hall–Kier alpha value is -1.25. The molecule has 0 saturated carbocycles. The minimum absolute atomic E-state index is 0.0673. The average molecular weight is 189 g/mol. The van der Waals surface area contributed by atoms with Crippen molar-refractivity contribution in [1.82, 2.24) is 0 Å². The molecule has 14 heavy (non-hydrogen) atoms. The number of hydrogen-bond donors (Lipinski definition) is 0. The molecule has 3 heteroatoms. The lowest BCUT2D eigenvalue weighted by molar-refractivity contribution is 0.547. The Kier molecular flexibility index (Phi) is 2.10. The largest absolute Gasteiger partial charge is 0.281 e. The fourth-order valence-corrected chi connectivity index (χ4v) is 1.75. The number of nitrogens with zero attached hydrogens (tertiary/aromatic N) is 3. The number of rotatable bonds is 0. The molecule has 0 N–H and O–H groups in total. The second kappa shape index (κ2) is 3.15. The average Bonchev–Trinajstić information content (AvgIpc) is 2.15. The van der Waals surface area contributed by atoms with E-state index in [1.54, 1.807) is 12.4 Å². The van der Waals surface area contributed by atoms with E-state index in [2.05, 4.69) is 35.7 Å². The maximum absolute atomic E-state index is 4.44. The molecule has 0 aromatic heterocycles. The summed E-state index contributed by atoms with van der Waals surface area (Å²) in [6, 6.07) is 0.275. The molecule has 74 valence electrons. The highest BCUT2D eigenvalue weighted by molar-refractivity contribution is 6.18. The first kappa shape index (κ1) is 9.31. The van der Waals surface area contributed by atoms with E-state index in [1.807, 2.05) is 12.3 Å². The molecule has 0 aliphatic carbocycles. The molecule has 2 aliphatic heterocycles. The van der Waals surface area contributed by atoms with Crippen LogP contribution in [0.25, 0.3) is 0 Å². The molecule has 2 unspecified atom stereocenters. The molecule has 0 bridgehead atoms. The molecule has 0 radical (unpaired) electrons. The van der Waals surface area contributed by atoms with Crippen LogP contribution < -0.4 is 0 Å². The minimum Gasteiger partial charge on any atom is -0.281 e. The van der Waals surface area contributed by atoms with Crippen LogP contribution in [0.1, 0.15) is 20.8 Å². The molecule has 0 aromatic carbocycles. The Morgan fingerprint density at radius 1 is 1.14 bits per heavy atom. The van der Waals surface area contributed by atoms with Crippen molar-refractivity contribution in [3.8, 4) is 0 Å². The van der Waals surface area contributed by atoms with Crippen LogP contribution in [0.2, 0.25) is 0 Å². The van der Waals surface area contributed by atoms with Crippen molar-refractivity contribution >= 4 is 18.1 Å². The third-order valence-electron chi connectivity index (χ3n) is 2.44. The SMILES string of the molecule is CC(C)(C)C1=NC=CC2N=CC=NC12. The first-order valence-electron chi connectivity index (χ1n) is 4.89. The summed E-state index contributed by atoms with van der Waals surface area (Å²) in [4.78, 5) is 13.2. The van der Waals surface area contributed by atoms with Gasteiger partial charge in [-0.15, -0.1) is 0 Å². The molecule has 2 rings (SSSR count). The standard InChI is InChI=1S/C11H15N3/c1-11(2,3)10-9-8(4-5-14-10)12-6-7-13-9/h4-9H,1-3H3. The smallest absolute Gasteiger partial charge is 0.114 e. The van der Waals surface area contributed by atoms with Gasteiger partial charge in [0.2, 0.25) is 0 Å². The van der Waals surface area contributed by atoms with E-state index in [4.69, 9.17) is 0 Å². The van der Waals surface area contributed by atoms with Crippen molar-refractivity contribution in [3.05, 3.63) is 12.3 Å². The summed E-state index contributed by atoms with van der Waals surface area (Å²) in [5.74, 6) is 0. The Balaban J connectivity index is 2.34. The quantitative estimate of drug-likeness (QED) is 0.558. The van der Waals surface area contributed by atoms with Gasteiger partial charge in [0, 0.05) is 24.0 Å². The normalized spacial score (nSPS) is 30.1. The highest BCUT2D eigenvalue weighted by Crippen LogP contribution is 2.26. The molecule has 2 heterocycles. The highest BCUT2D eigenvalue weighted by Gasteiger charge is 2.33. The lowest BCUT2D eigenvalue weighted by Gasteiger charge is -2.31. The molecule has 3 nitrogen and oxygen atoms in total. The molecular weight excluding hydrogens is 174 g/mol. The molecular formula is C11H15N3. The van der Waals surface area contributed by atoms with Crippen LogP contribution >= 0.6 is 0 Å². The molecule has 0 spiro atoms. The highest BCUT2D eigenvalue weighted by atomic mass is 15.0. The van der Waals surface area contributed by atoms with Crippen molar-refractivity contribution in [2.75, 3.05) is 0 Å². The Bertz CT molecular complexity index is 342. The van der Waals surface area contributed by atoms with Crippen LogP contribution in [0.5, 0.6) is 0 Å². The van der Waals surface area contributed by atoms with E-state index in [0.717, 1.165) is 5.71 Å². The van der Waals surface area contributed by atoms with E-state index < -0.39 is 0 Å². The summed E-state index contributed by atoms with van der Waals surface area (Å²) in [6.07, 6.45) is 7.38. The van der Waals surface area contributed by atoms with Gasteiger partial charge in [-0.3, -0.25) is 15.0 Å². The van der Waals surface area contributed by atoms with Crippen LogP contribution in [0.3, 0.4) is 0 Å². The third-order valence-corrected chi connectivity index (χ3v) is 2.44. The van der Waals surface area contributed by atoms with E-state index >= 15 is 0 Å². The van der Waals surface area contributed by atoms with Gasteiger partial charge in [-0.05, 0) is 6.08 Å². The van der Waals surface area contributed by atoms with Crippen molar-refractivity contribution in [2.24, 2.45) is 20.4 Å². The third kappa shape index (κ3) is 1.54.